The molecule has 0 saturated heterocycles. The smallest absolute Gasteiger partial charge is 0.404 e. The summed E-state index contributed by atoms with van der Waals surface area (Å²) in [6, 6.07) is 18.4. The summed E-state index contributed by atoms with van der Waals surface area (Å²) in [5.74, 6) is -2.58. The van der Waals surface area contributed by atoms with Crippen LogP contribution in [0.2, 0.25) is 5.02 Å². The van der Waals surface area contributed by atoms with E-state index in [0.717, 1.165) is 28.3 Å². The summed E-state index contributed by atoms with van der Waals surface area (Å²) < 4.78 is 13.7. The highest BCUT2D eigenvalue weighted by Crippen LogP contribution is 2.42. The Morgan fingerprint density at radius 3 is 2.44 bits per heavy atom. The Labute approximate surface area is 199 Å². The quantitative estimate of drug-likeness (QED) is 0.405. The maximum absolute atomic E-state index is 13.7. The van der Waals surface area contributed by atoms with Gasteiger partial charge in [0.15, 0.2) is 0 Å². The molecule has 1 aliphatic rings. The molecular formula is C25H21ClFN3O4. The zero-order valence-corrected chi connectivity index (χ0v) is 18.6. The van der Waals surface area contributed by atoms with E-state index in [9.17, 15) is 18.8 Å². The van der Waals surface area contributed by atoms with E-state index in [2.05, 4.69) is 16.0 Å². The Hall–Kier alpha value is -3.91. The Kier molecular flexibility index (Phi) is 6.79. The van der Waals surface area contributed by atoms with Gasteiger partial charge in [0.05, 0.1) is 11.1 Å². The third kappa shape index (κ3) is 5.18. The Balaban J connectivity index is 1.51. The fourth-order valence-corrected chi connectivity index (χ4v) is 4.23. The van der Waals surface area contributed by atoms with Crippen molar-refractivity contribution in [2.75, 3.05) is 5.32 Å². The second-order valence-corrected chi connectivity index (χ2v) is 8.35. The largest absolute Gasteiger partial charge is 0.465 e. The van der Waals surface area contributed by atoms with Gasteiger partial charge < -0.3 is 21.1 Å². The van der Waals surface area contributed by atoms with E-state index in [0.29, 0.717) is 6.42 Å². The number of benzene rings is 3. The van der Waals surface area contributed by atoms with Crippen LogP contribution in [0.1, 0.15) is 34.2 Å². The van der Waals surface area contributed by atoms with Crippen molar-refractivity contribution >= 4 is 35.2 Å². The number of rotatable bonds is 5. The lowest BCUT2D eigenvalue weighted by atomic mass is 9.91. The number of anilines is 1. The summed E-state index contributed by atoms with van der Waals surface area (Å²) in [4.78, 5) is 35.9. The summed E-state index contributed by atoms with van der Waals surface area (Å²) in [6.45, 7) is 0.187. The summed E-state index contributed by atoms with van der Waals surface area (Å²) in [7, 11) is 0. The second-order valence-electron chi connectivity index (χ2n) is 7.94. The molecule has 3 amide bonds. The van der Waals surface area contributed by atoms with Gasteiger partial charge in [-0.25, -0.2) is 9.18 Å². The first kappa shape index (κ1) is 23.3. The fraction of sp³-hybridized carbons (Fsp3) is 0.160. The zero-order chi connectivity index (χ0) is 24.2. The van der Waals surface area contributed by atoms with Gasteiger partial charge in [-0.1, -0.05) is 60.1 Å². The molecule has 0 bridgehead atoms. The standard InChI is InChI=1S/C25H21ClFN3O4/c26-20-10-9-17(12-21(20)27)29-23(31)24(32)30-22-18-4-2-1-3-16(18)11-19(22)15-7-5-14(6-8-15)13-28-25(33)34/h1-10,12,19,22,28H,11,13H2,(H,29,31)(H,30,32)(H,33,34)/t19-,22+/m0/s1. The first-order chi connectivity index (χ1) is 16.3. The van der Waals surface area contributed by atoms with E-state index in [-0.39, 0.29) is 23.2 Å². The molecule has 174 valence electrons. The Morgan fingerprint density at radius 1 is 1.00 bits per heavy atom. The van der Waals surface area contributed by atoms with Crippen molar-refractivity contribution < 1.29 is 23.9 Å². The molecule has 3 aromatic carbocycles. The number of hydrogen-bond acceptors (Lipinski definition) is 3. The number of nitrogens with one attached hydrogen (secondary N) is 3. The lowest BCUT2D eigenvalue weighted by Crippen LogP contribution is -2.39. The van der Waals surface area contributed by atoms with Gasteiger partial charge in [0.1, 0.15) is 5.82 Å². The van der Waals surface area contributed by atoms with Crippen molar-refractivity contribution in [3.8, 4) is 0 Å². The number of carbonyl (C=O) groups excluding carboxylic acids is 2. The number of carbonyl (C=O) groups is 3. The third-order valence-electron chi connectivity index (χ3n) is 5.75. The molecule has 0 radical (unpaired) electrons. The summed E-state index contributed by atoms with van der Waals surface area (Å²) in [5, 5.41) is 16.2. The molecule has 4 rings (SSSR count). The van der Waals surface area contributed by atoms with Crippen LogP contribution in [0.4, 0.5) is 14.9 Å². The maximum atomic E-state index is 13.7. The van der Waals surface area contributed by atoms with Crippen LogP contribution in [0, 0.1) is 5.82 Å². The van der Waals surface area contributed by atoms with E-state index >= 15 is 0 Å². The molecule has 0 aliphatic heterocycles. The minimum atomic E-state index is -1.10. The van der Waals surface area contributed by atoms with Crippen molar-refractivity contribution in [1.29, 1.82) is 0 Å². The molecule has 0 aromatic heterocycles. The van der Waals surface area contributed by atoms with Gasteiger partial charge in [0, 0.05) is 18.2 Å². The molecule has 0 unspecified atom stereocenters. The maximum Gasteiger partial charge on any atom is 0.404 e. The highest BCUT2D eigenvalue weighted by Gasteiger charge is 2.35. The van der Waals surface area contributed by atoms with E-state index in [1.165, 1.54) is 12.1 Å². The first-order valence-electron chi connectivity index (χ1n) is 10.5. The number of hydrogen-bond donors (Lipinski definition) is 4. The minimum absolute atomic E-state index is 0.0855. The highest BCUT2D eigenvalue weighted by molar-refractivity contribution is 6.39. The average Bonchev–Trinajstić information content (AvgIpc) is 3.18. The Bertz CT molecular complexity index is 1250. The van der Waals surface area contributed by atoms with E-state index < -0.39 is 29.8 Å². The predicted molar refractivity (Wildman–Crippen MR) is 125 cm³/mol. The molecule has 7 nitrogen and oxygen atoms in total. The van der Waals surface area contributed by atoms with Crippen LogP contribution in [-0.4, -0.2) is 23.0 Å². The van der Waals surface area contributed by atoms with Gasteiger partial charge in [-0.05, 0) is 46.9 Å². The number of halogens is 2. The zero-order valence-electron chi connectivity index (χ0n) is 17.8. The van der Waals surface area contributed by atoms with Crippen LogP contribution < -0.4 is 16.0 Å². The van der Waals surface area contributed by atoms with Crippen LogP contribution in [0.3, 0.4) is 0 Å². The molecule has 9 heteroatoms. The summed E-state index contributed by atoms with van der Waals surface area (Å²) in [6.07, 6.45) is -0.435. The van der Waals surface area contributed by atoms with Crippen LogP contribution in [-0.2, 0) is 22.6 Å². The number of fused-ring (bicyclic) bond motifs is 1. The van der Waals surface area contributed by atoms with Gasteiger partial charge in [-0.2, -0.15) is 0 Å². The van der Waals surface area contributed by atoms with Gasteiger partial charge in [0.25, 0.3) is 0 Å². The van der Waals surface area contributed by atoms with Gasteiger partial charge in [0.2, 0.25) is 0 Å². The molecule has 3 aromatic rings. The lowest BCUT2D eigenvalue weighted by molar-refractivity contribution is -0.136. The SMILES string of the molecule is O=C(O)NCc1ccc([C@@H]2Cc3ccccc3[C@H]2NC(=O)C(=O)Nc2ccc(Cl)c(F)c2)cc1. The lowest BCUT2D eigenvalue weighted by Gasteiger charge is -2.22. The normalized spacial score (nSPS) is 16.4. The Morgan fingerprint density at radius 2 is 1.74 bits per heavy atom. The molecule has 2 atom stereocenters. The van der Waals surface area contributed by atoms with Gasteiger partial charge in [-0.3, -0.25) is 9.59 Å². The van der Waals surface area contributed by atoms with Crippen molar-refractivity contribution in [2.24, 2.45) is 0 Å². The second kappa shape index (κ2) is 9.93. The highest BCUT2D eigenvalue weighted by atomic mass is 35.5. The molecule has 4 N–H and O–H groups in total. The molecule has 0 saturated carbocycles. The van der Waals surface area contributed by atoms with Crippen molar-refractivity contribution in [2.45, 2.75) is 24.9 Å². The van der Waals surface area contributed by atoms with E-state index in [1.807, 2.05) is 48.5 Å². The molecule has 0 fully saturated rings. The van der Waals surface area contributed by atoms with Crippen LogP contribution in [0.25, 0.3) is 0 Å². The van der Waals surface area contributed by atoms with Crippen molar-refractivity contribution in [1.82, 2.24) is 10.6 Å². The predicted octanol–water partition coefficient (Wildman–Crippen LogP) is 4.38. The molecule has 0 heterocycles. The average molecular weight is 482 g/mol. The van der Waals surface area contributed by atoms with Crippen molar-refractivity contribution in [3.63, 3.8) is 0 Å². The molecular weight excluding hydrogens is 461 g/mol. The van der Waals surface area contributed by atoms with E-state index in [1.54, 1.807) is 0 Å². The topological polar surface area (TPSA) is 108 Å². The summed E-state index contributed by atoms with van der Waals surface area (Å²) >= 11 is 5.66. The first-order valence-corrected chi connectivity index (χ1v) is 10.9. The van der Waals surface area contributed by atoms with Crippen molar-refractivity contribution in [3.05, 3.63) is 99.8 Å². The van der Waals surface area contributed by atoms with Crippen LogP contribution in [0.15, 0.2) is 66.7 Å². The molecule has 0 spiro atoms. The fourth-order valence-electron chi connectivity index (χ4n) is 4.11. The van der Waals surface area contributed by atoms with Gasteiger partial charge in [-0.15, -0.1) is 0 Å². The third-order valence-corrected chi connectivity index (χ3v) is 6.06. The minimum Gasteiger partial charge on any atom is -0.465 e. The van der Waals surface area contributed by atoms with E-state index in [4.69, 9.17) is 16.7 Å². The van der Waals surface area contributed by atoms with Crippen LogP contribution in [0.5, 0.6) is 0 Å². The van der Waals surface area contributed by atoms with Gasteiger partial charge >= 0.3 is 17.9 Å². The monoisotopic (exact) mass is 481 g/mol. The number of amides is 3. The molecule has 1 aliphatic carbocycles. The summed E-state index contributed by atoms with van der Waals surface area (Å²) in [5.41, 5.74) is 3.85. The van der Waals surface area contributed by atoms with Crippen LogP contribution >= 0.6 is 11.6 Å². The molecule has 34 heavy (non-hydrogen) atoms. The number of carboxylic acid groups (broad SMARTS) is 1.